The number of benzene rings is 3. The van der Waals surface area contributed by atoms with Crippen LogP contribution < -0.4 is 30.5 Å². The van der Waals surface area contributed by atoms with Gasteiger partial charge in [0.1, 0.15) is 35.9 Å². The number of ether oxygens (including phenoxy) is 4. The summed E-state index contributed by atoms with van der Waals surface area (Å²) in [7, 11) is 0. The number of H-pyrrole nitrogens is 1. The Morgan fingerprint density at radius 2 is 1.54 bits per heavy atom. The number of aliphatic hydroxyl groups excluding tert-OH is 1. The van der Waals surface area contributed by atoms with Crippen LogP contribution in [0, 0.1) is 12.3 Å². The third kappa shape index (κ3) is 16.1. The molecule has 20 heteroatoms. The van der Waals surface area contributed by atoms with E-state index in [1.807, 2.05) is 82.6 Å². The summed E-state index contributed by atoms with van der Waals surface area (Å²) in [5.74, 6) is -0.612. The van der Waals surface area contributed by atoms with E-state index in [0.717, 1.165) is 95.6 Å². The summed E-state index contributed by atoms with van der Waals surface area (Å²) < 4.78 is 22.8. The van der Waals surface area contributed by atoms with Crippen LogP contribution in [0.1, 0.15) is 92.8 Å². The Bertz CT molecular complexity index is 2910. The zero-order valence-electron chi connectivity index (χ0n) is 46.3. The maximum absolute atomic E-state index is 14.1. The number of fused-ring (bicyclic) bond motifs is 1. The SMILES string of the molecule is CCCCC(Cc1c[nH]c2ccccc12)NC(=O)c1cnc(N2CCN(c3ccc(OCCOCCOCCOCC(=O)NC(C(=O)N4C[C@H](O)C[C@H]4C(=O)N[C@@H](C)c4ccc(-c5scnc5C)cc4)C(C)(C)C)cc3)CC2)s1. The number of aromatic nitrogens is 3. The predicted molar refractivity (Wildman–Crippen MR) is 310 cm³/mol. The topological polar surface area (TPSA) is 213 Å². The summed E-state index contributed by atoms with van der Waals surface area (Å²) in [6, 6.07) is 22.1. The average Bonchev–Trinajstić information content (AvgIpc) is 4.38. The minimum Gasteiger partial charge on any atom is -0.491 e. The maximum Gasteiger partial charge on any atom is 0.263 e. The number of likely N-dealkylation sites (tertiary alicyclic amines) is 1. The fraction of sp³-hybridized carbons (Fsp3) is 0.492. The second-order valence-corrected chi connectivity index (χ2v) is 23.2. The lowest BCUT2D eigenvalue weighted by atomic mass is 9.85. The van der Waals surface area contributed by atoms with Crippen molar-refractivity contribution in [2.24, 2.45) is 5.41 Å². The van der Waals surface area contributed by atoms with Crippen LogP contribution in [-0.2, 0) is 35.0 Å². The first-order valence-electron chi connectivity index (χ1n) is 27.5. The molecule has 8 rings (SSSR count). The number of aryl methyl sites for hydroxylation is 1. The normalized spacial score (nSPS) is 16.9. The molecule has 2 fully saturated rings. The van der Waals surface area contributed by atoms with Crippen LogP contribution in [0.3, 0.4) is 0 Å². The monoisotopic (exact) mass is 1120 g/mol. The van der Waals surface area contributed by atoms with Gasteiger partial charge in [0, 0.05) is 68.0 Å². The molecule has 424 valence electrons. The molecule has 0 radical (unpaired) electrons. The van der Waals surface area contributed by atoms with Crippen molar-refractivity contribution in [1.82, 2.24) is 35.8 Å². The van der Waals surface area contributed by atoms with Gasteiger partial charge in [-0.1, -0.05) is 94.3 Å². The lowest BCUT2D eigenvalue weighted by Crippen LogP contribution is -2.58. The number of carbonyl (C=O) groups excluding carboxylic acids is 4. The molecule has 18 nitrogen and oxygen atoms in total. The van der Waals surface area contributed by atoms with Crippen molar-refractivity contribution in [2.75, 3.05) is 88.8 Å². The van der Waals surface area contributed by atoms with Gasteiger partial charge in [-0.15, -0.1) is 11.3 Å². The molecule has 0 saturated carbocycles. The number of thiazole rings is 2. The highest BCUT2D eigenvalue weighted by atomic mass is 32.1. The molecule has 4 amide bonds. The van der Waals surface area contributed by atoms with Gasteiger partial charge in [0.15, 0.2) is 5.13 Å². The number of hydrogen-bond acceptors (Lipinski definition) is 15. The summed E-state index contributed by atoms with van der Waals surface area (Å²) in [6.07, 6.45) is 6.79. The van der Waals surface area contributed by atoms with E-state index in [0.29, 0.717) is 31.3 Å². The number of β-amino-alcohol motifs (C(OH)–C–C–N with tert-alkyl or cyclic N) is 1. The van der Waals surface area contributed by atoms with E-state index in [-0.39, 0.29) is 56.7 Å². The quantitative estimate of drug-likeness (QED) is 0.0313. The third-order valence-electron chi connectivity index (χ3n) is 14.4. The van der Waals surface area contributed by atoms with E-state index in [2.05, 4.69) is 84.2 Å². The number of carbonyl (C=O) groups is 4. The number of anilines is 2. The van der Waals surface area contributed by atoms with Gasteiger partial charge in [0.05, 0.1) is 67.5 Å². The number of hydrogen-bond donors (Lipinski definition) is 5. The van der Waals surface area contributed by atoms with Gasteiger partial charge in [-0.3, -0.25) is 19.2 Å². The molecule has 2 unspecified atom stereocenters. The van der Waals surface area contributed by atoms with Crippen LogP contribution in [0.25, 0.3) is 21.3 Å². The molecule has 0 spiro atoms. The van der Waals surface area contributed by atoms with E-state index in [4.69, 9.17) is 18.9 Å². The summed E-state index contributed by atoms with van der Waals surface area (Å²) in [5.41, 5.74) is 7.46. The lowest BCUT2D eigenvalue weighted by molar-refractivity contribution is -0.144. The van der Waals surface area contributed by atoms with Gasteiger partial charge in [0.2, 0.25) is 17.7 Å². The first-order chi connectivity index (χ1) is 38.1. The van der Waals surface area contributed by atoms with Crippen molar-refractivity contribution in [2.45, 2.75) is 104 Å². The smallest absolute Gasteiger partial charge is 0.263 e. The summed E-state index contributed by atoms with van der Waals surface area (Å²) >= 11 is 3.03. The summed E-state index contributed by atoms with van der Waals surface area (Å²) in [5, 5.41) is 21.9. The van der Waals surface area contributed by atoms with Crippen LogP contribution >= 0.6 is 22.7 Å². The second-order valence-electron chi connectivity index (χ2n) is 21.4. The Morgan fingerprint density at radius 1 is 0.848 bits per heavy atom. The van der Waals surface area contributed by atoms with Crippen molar-refractivity contribution in [3.05, 3.63) is 112 Å². The highest BCUT2D eigenvalue weighted by Gasteiger charge is 2.45. The molecule has 79 heavy (non-hydrogen) atoms. The number of amides is 4. The van der Waals surface area contributed by atoms with Crippen molar-refractivity contribution in [3.8, 4) is 16.2 Å². The van der Waals surface area contributed by atoms with E-state index >= 15 is 0 Å². The van der Waals surface area contributed by atoms with Crippen LogP contribution in [0.5, 0.6) is 5.75 Å². The standard InChI is InChI=1S/C59H77N9O9S2/c1-7-8-11-44(32-43-34-60-49-13-10-9-12-48(43)49)64-56(72)51-35-61-58(79-51)67-24-22-66(23-25-67)45-18-20-47(21-19-45)77-31-30-75-27-26-74-28-29-76-37-52(70)65-54(59(4,5)6)57(73)68-36-46(69)33-50(68)55(71)63-39(2)41-14-16-42(17-15-41)53-40(3)62-38-78-53/h9-10,12-21,34-35,38-39,44,46,50,54,60,69H,7-8,11,22-33,36-37H2,1-6H3,(H,63,71)(H,64,72)(H,65,70)/t39-,44?,46+,50-,54?/m0/s1. The molecular formula is C59H77N9O9S2. The van der Waals surface area contributed by atoms with Gasteiger partial charge in [-0.25, -0.2) is 9.97 Å². The van der Waals surface area contributed by atoms with Crippen LogP contribution in [0.4, 0.5) is 10.8 Å². The number of rotatable bonds is 27. The molecule has 2 saturated heterocycles. The number of para-hydroxylation sites is 1. The number of nitrogens with zero attached hydrogens (tertiary/aromatic N) is 5. The Morgan fingerprint density at radius 3 is 2.24 bits per heavy atom. The predicted octanol–water partition coefficient (Wildman–Crippen LogP) is 7.71. The highest BCUT2D eigenvalue weighted by molar-refractivity contribution is 7.17. The Kier molecular flexibility index (Phi) is 20.9. The van der Waals surface area contributed by atoms with Crippen molar-refractivity contribution >= 4 is 68.0 Å². The lowest BCUT2D eigenvalue weighted by Gasteiger charge is -2.36. The van der Waals surface area contributed by atoms with Crippen molar-refractivity contribution in [1.29, 1.82) is 0 Å². The van der Waals surface area contributed by atoms with Crippen molar-refractivity contribution < 1.29 is 43.2 Å². The Hall–Kier alpha value is -6.42. The first kappa shape index (κ1) is 58.7. The molecule has 3 aromatic carbocycles. The average molecular weight is 1120 g/mol. The van der Waals surface area contributed by atoms with E-state index in [9.17, 15) is 24.3 Å². The molecule has 6 aromatic rings. The fourth-order valence-electron chi connectivity index (χ4n) is 9.96. The number of nitrogens with one attached hydrogen (secondary N) is 4. The minimum atomic E-state index is -0.972. The fourth-order valence-corrected chi connectivity index (χ4v) is 11.6. The van der Waals surface area contributed by atoms with E-state index in [1.54, 1.807) is 17.5 Å². The molecule has 0 bridgehead atoms. The molecule has 5 heterocycles. The molecule has 2 aliphatic heterocycles. The number of unbranched alkanes of at least 4 members (excludes halogenated alkanes) is 1. The Labute approximate surface area is 471 Å². The van der Waals surface area contributed by atoms with Gasteiger partial charge >= 0.3 is 0 Å². The molecular weight excluding hydrogens is 1040 g/mol. The summed E-state index contributed by atoms with van der Waals surface area (Å²) in [4.78, 5) is 74.3. The van der Waals surface area contributed by atoms with Gasteiger partial charge in [0.25, 0.3) is 5.91 Å². The highest BCUT2D eigenvalue weighted by Crippen LogP contribution is 2.31. The zero-order valence-corrected chi connectivity index (χ0v) is 48.0. The molecule has 2 aliphatic rings. The third-order valence-corrected chi connectivity index (χ3v) is 16.4. The van der Waals surface area contributed by atoms with Gasteiger partial charge < -0.3 is 59.7 Å². The van der Waals surface area contributed by atoms with Crippen LogP contribution in [0.2, 0.25) is 0 Å². The summed E-state index contributed by atoms with van der Waals surface area (Å²) in [6.45, 7) is 16.3. The molecule has 5 N–H and O–H groups in total. The minimum absolute atomic E-state index is 0.0213. The zero-order chi connectivity index (χ0) is 55.9. The number of piperazine rings is 1. The van der Waals surface area contributed by atoms with E-state index in [1.165, 1.54) is 27.2 Å². The molecule has 5 atom stereocenters. The second kappa shape index (κ2) is 28.1. The van der Waals surface area contributed by atoms with Gasteiger partial charge in [-0.2, -0.15) is 0 Å². The van der Waals surface area contributed by atoms with Crippen LogP contribution in [0.15, 0.2) is 90.7 Å². The molecule has 3 aromatic heterocycles. The largest absolute Gasteiger partial charge is 0.491 e. The van der Waals surface area contributed by atoms with Crippen LogP contribution in [-0.4, -0.2) is 152 Å². The Balaban J connectivity index is 0.671. The number of aliphatic hydroxyl groups is 1. The number of aromatic amines is 1. The molecule has 0 aliphatic carbocycles. The maximum atomic E-state index is 14.1. The van der Waals surface area contributed by atoms with Gasteiger partial charge in [-0.05, 0) is 79.1 Å². The van der Waals surface area contributed by atoms with Crippen molar-refractivity contribution in [3.63, 3.8) is 0 Å². The van der Waals surface area contributed by atoms with E-state index < -0.39 is 35.4 Å². The first-order valence-corrected chi connectivity index (χ1v) is 29.2.